The van der Waals surface area contributed by atoms with Gasteiger partial charge >= 0.3 is 5.97 Å². The largest absolute Gasteiger partial charge is 0.452 e. The Kier molecular flexibility index (Phi) is 5.90. The molecule has 2 N–H and O–H groups in total. The van der Waals surface area contributed by atoms with Crippen molar-refractivity contribution >= 4 is 23.3 Å². The van der Waals surface area contributed by atoms with Crippen LogP contribution in [0.25, 0.3) is 0 Å². The van der Waals surface area contributed by atoms with Crippen molar-refractivity contribution in [3.63, 3.8) is 0 Å². The SMILES string of the molecule is CC1CCN(c2ccc(NC(=O)COC(=O)c3ccc[nH]c3=O)cc2)CC1. The van der Waals surface area contributed by atoms with E-state index in [2.05, 4.69) is 22.1 Å². The first-order chi connectivity index (χ1) is 13.0. The number of piperidine rings is 1. The summed E-state index contributed by atoms with van der Waals surface area (Å²) in [6, 6.07) is 10.5. The molecule has 7 heteroatoms. The zero-order valence-electron chi connectivity index (χ0n) is 15.2. The Balaban J connectivity index is 1.50. The topological polar surface area (TPSA) is 91.5 Å². The molecule has 1 aromatic heterocycles. The molecule has 3 rings (SSSR count). The monoisotopic (exact) mass is 369 g/mol. The van der Waals surface area contributed by atoms with Crippen molar-refractivity contribution in [2.75, 3.05) is 29.9 Å². The molecule has 0 bridgehead atoms. The number of benzene rings is 1. The number of nitrogens with one attached hydrogen (secondary N) is 2. The predicted octanol–water partition coefficient (Wildman–Crippen LogP) is 2.41. The third-order valence-electron chi connectivity index (χ3n) is 4.67. The van der Waals surface area contributed by atoms with E-state index in [9.17, 15) is 14.4 Å². The van der Waals surface area contributed by atoms with Crippen molar-refractivity contribution in [3.8, 4) is 0 Å². The number of carbonyl (C=O) groups excluding carboxylic acids is 2. The lowest BCUT2D eigenvalue weighted by Gasteiger charge is -2.32. The maximum atomic E-state index is 12.0. The smallest absolute Gasteiger partial charge is 0.344 e. The van der Waals surface area contributed by atoms with Gasteiger partial charge in [-0.1, -0.05) is 6.92 Å². The third-order valence-corrected chi connectivity index (χ3v) is 4.67. The van der Waals surface area contributed by atoms with Gasteiger partial charge in [0.05, 0.1) is 0 Å². The fraction of sp³-hybridized carbons (Fsp3) is 0.350. The van der Waals surface area contributed by atoms with E-state index in [1.165, 1.54) is 31.2 Å². The summed E-state index contributed by atoms with van der Waals surface area (Å²) in [5.41, 5.74) is 1.08. The Morgan fingerprint density at radius 1 is 1.19 bits per heavy atom. The molecule has 1 aliphatic rings. The molecular weight excluding hydrogens is 346 g/mol. The Hall–Kier alpha value is -3.09. The minimum Gasteiger partial charge on any atom is -0.452 e. The minimum absolute atomic E-state index is 0.134. The second-order valence-corrected chi connectivity index (χ2v) is 6.75. The van der Waals surface area contributed by atoms with E-state index in [0.29, 0.717) is 5.69 Å². The first kappa shape index (κ1) is 18.7. The van der Waals surface area contributed by atoms with Crippen LogP contribution in [0.5, 0.6) is 0 Å². The van der Waals surface area contributed by atoms with Gasteiger partial charge in [-0.15, -0.1) is 0 Å². The number of pyridine rings is 1. The van der Waals surface area contributed by atoms with Crippen molar-refractivity contribution in [1.29, 1.82) is 0 Å². The highest BCUT2D eigenvalue weighted by atomic mass is 16.5. The second kappa shape index (κ2) is 8.53. The number of anilines is 2. The number of carbonyl (C=O) groups is 2. The molecule has 1 aromatic carbocycles. The lowest BCUT2D eigenvalue weighted by molar-refractivity contribution is -0.119. The molecule has 0 unspecified atom stereocenters. The fourth-order valence-corrected chi connectivity index (χ4v) is 3.01. The molecule has 0 saturated carbocycles. The normalized spacial score (nSPS) is 14.6. The van der Waals surface area contributed by atoms with Crippen LogP contribution in [-0.2, 0) is 9.53 Å². The molecule has 2 heterocycles. The van der Waals surface area contributed by atoms with E-state index >= 15 is 0 Å². The van der Waals surface area contributed by atoms with E-state index in [-0.39, 0.29) is 5.56 Å². The van der Waals surface area contributed by atoms with Gasteiger partial charge in [0.25, 0.3) is 11.5 Å². The standard InChI is InChI=1S/C20H23N3O4/c1-14-8-11-23(12-9-14)16-6-4-15(5-7-16)22-18(24)13-27-20(26)17-3-2-10-21-19(17)25/h2-7,10,14H,8-9,11-13H2,1H3,(H,21,25)(H,22,24). The molecule has 0 aliphatic carbocycles. The fourth-order valence-electron chi connectivity index (χ4n) is 3.01. The van der Waals surface area contributed by atoms with Crippen LogP contribution in [0, 0.1) is 5.92 Å². The second-order valence-electron chi connectivity index (χ2n) is 6.75. The number of aromatic amines is 1. The molecule has 142 valence electrons. The lowest BCUT2D eigenvalue weighted by atomic mass is 9.99. The van der Waals surface area contributed by atoms with Crippen molar-refractivity contribution in [2.45, 2.75) is 19.8 Å². The quantitative estimate of drug-likeness (QED) is 0.790. The van der Waals surface area contributed by atoms with Crippen LogP contribution < -0.4 is 15.8 Å². The summed E-state index contributed by atoms with van der Waals surface area (Å²) >= 11 is 0. The van der Waals surface area contributed by atoms with Gasteiger partial charge < -0.3 is 19.9 Å². The maximum absolute atomic E-state index is 12.0. The maximum Gasteiger partial charge on any atom is 0.344 e. The minimum atomic E-state index is -0.832. The van der Waals surface area contributed by atoms with Gasteiger partial charge in [0, 0.05) is 30.7 Å². The highest BCUT2D eigenvalue weighted by molar-refractivity contribution is 5.95. The van der Waals surface area contributed by atoms with Crippen LogP contribution >= 0.6 is 0 Å². The van der Waals surface area contributed by atoms with Crippen molar-refractivity contribution in [3.05, 3.63) is 58.5 Å². The van der Waals surface area contributed by atoms with Gasteiger partial charge in [-0.25, -0.2) is 4.79 Å². The van der Waals surface area contributed by atoms with Gasteiger partial charge in [0.1, 0.15) is 5.56 Å². The Morgan fingerprint density at radius 3 is 2.56 bits per heavy atom. The van der Waals surface area contributed by atoms with Crippen LogP contribution in [0.15, 0.2) is 47.4 Å². The molecule has 1 fully saturated rings. The number of hydrogen-bond acceptors (Lipinski definition) is 5. The summed E-state index contributed by atoms with van der Waals surface area (Å²) in [4.78, 5) is 40.0. The van der Waals surface area contributed by atoms with E-state index in [1.807, 2.05) is 24.3 Å². The highest BCUT2D eigenvalue weighted by Gasteiger charge is 2.16. The third kappa shape index (κ3) is 4.97. The zero-order chi connectivity index (χ0) is 19.2. The zero-order valence-corrected chi connectivity index (χ0v) is 15.2. The Morgan fingerprint density at radius 2 is 1.89 bits per heavy atom. The lowest BCUT2D eigenvalue weighted by Crippen LogP contribution is -2.32. The number of esters is 1. The van der Waals surface area contributed by atoms with Crippen molar-refractivity contribution in [1.82, 2.24) is 4.98 Å². The van der Waals surface area contributed by atoms with Gasteiger partial charge in [-0.05, 0) is 55.2 Å². The van der Waals surface area contributed by atoms with Gasteiger partial charge in [0.15, 0.2) is 6.61 Å². The molecule has 0 spiro atoms. The molecule has 1 aliphatic heterocycles. The number of ether oxygens (including phenoxy) is 1. The number of H-pyrrole nitrogens is 1. The highest BCUT2D eigenvalue weighted by Crippen LogP contribution is 2.24. The molecule has 1 saturated heterocycles. The predicted molar refractivity (Wildman–Crippen MR) is 103 cm³/mol. The summed E-state index contributed by atoms with van der Waals surface area (Å²) in [6.07, 6.45) is 3.79. The molecule has 1 amide bonds. The molecular formula is C20H23N3O4. The Bertz CT molecular complexity index is 852. The average Bonchev–Trinajstić information content (AvgIpc) is 2.68. The van der Waals surface area contributed by atoms with E-state index in [4.69, 9.17) is 4.74 Å². The van der Waals surface area contributed by atoms with Crippen LogP contribution in [0.1, 0.15) is 30.1 Å². The molecule has 7 nitrogen and oxygen atoms in total. The summed E-state index contributed by atoms with van der Waals surface area (Å²) in [5.74, 6) is -0.522. The Labute approximate surface area is 157 Å². The first-order valence-electron chi connectivity index (χ1n) is 9.02. The molecule has 0 radical (unpaired) electrons. The van der Waals surface area contributed by atoms with E-state index < -0.39 is 24.0 Å². The number of hydrogen-bond donors (Lipinski definition) is 2. The summed E-state index contributed by atoms with van der Waals surface area (Å²) in [5, 5.41) is 2.68. The van der Waals surface area contributed by atoms with Crippen LogP contribution in [0.4, 0.5) is 11.4 Å². The molecule has 0 atom stereocenters. The summed E-state index contributed by atoms with van der Waals surface area (Å²) in [7, 11) is 0. The summed E-state index contributed by atoms with van der Waals surface area (Å²) < 4.78 is 4.89. The van der Waals surface area contributed by atoms with Gasteiger partial charge in [0.2, 0.25) is 0 Å². The van der Waals surface area contributed by atoms with Gasteiger partial charge in [-0.2, -0.15) is 0 Å². The van der Waals surface area contributed by atoms with Gasteiger partial charge in [-0.3, -0.25) is 9.59 Å². The van der Waals surface area contributed by atoms with Crippen LogP contribution in [0.3, 0.4) is 0 Å². The average molecular weight is 369 g/mol. The van der Waals surface area contributed by atoms with E-state index in [1.54, 1.807) is 0 Å². The number of amides is 1. The van der Waals surface area contributed by atoms with Crippen molar-refractivity contribution < 1.29 is 14.3 Å². The van der Waals surface area contributed by atoms with Crippen molar-refractivity contribution in [2.24, 2.45) is 5.92 Å². The number of rotatable bonds is 5. The first-order valence-corrected chi connectivity index (χ1v) is 9.02. The van der Waals surface area contributed by atoms with Crippen LogP contribution in [-0.4, -0.2) is 36.6 Å². The van der Waals surface area contributed by atoms with Crippen LogP contribution in [0.2, 0.25) is 0 Å². The number of aromatic nitrogens is 1. The van der Waals surface area contributed by atoms with E-state index in [0.717, 1.165) is 24.7 Å². The summed E-state index contributed by atoms with van der Waals surface area (Å²) in [6.45, 7) is 3.90. The molecule has 2 aromatic rings. The number of nitrogens with zero attached hydrogens (tertiary/aromatic N) is 1. The molecule has 27 heavy (non-hydrogen) atoms.